The molecule has 6 heteroatoms. The van der Waals surface area contributed by atoms with Crippen molar-refractivity contribution in [3.05, 3.63) is 29.8 Å². The van der Waals surface area contributed by atoms with Gasteiger partial charge < -0.3 is 14.8 Å². The van der Waals surface area contributed by atoms with Crippen molar-refractivity contribution in [2.75, 3.05) is 19.8 Å². The largest absolute Gasteiger partial charge is 0.490 e. The zero-order valence-corrected chi connectivity index (χ0v) is 11.6. The van der Waals surface area contributed by atoms with E-state index in [0.717, 1.165) is 6.07 Å². The van der Waals surface area contributed by atoms with E-state index in [1.165, 1.54) is 12.1 Å². The Morgan fingerprint density at radius 3 is 2.75 bits per heavy atom. The normalized spacial score (nSPS) is 12.0. The van der Waals surface area contributed by atoms with Crippen molar-refractivity contribution in [1.82, 2.24) is 5.32 Å². The molecule has 0 bridgehead atoms. The third-order valence-electron chi connectivity index (χ3n) is 2.60. The summed E-state index contributed by atoms with van der Waals surface area (Å²) in [7, 11) is 0. The van der Waals surface area contributed by atoms with Gasteiger partial charge in [0.25, 0.3) is 0 Å². The molecule has 0 radical (unpaired) electrons. The molecular formula is C14H19F2NO3. The molecular weight excluding hydrogens is 268 g/mol. The van der Waals surface area contributed by atoms with Gasteiger partial charge in [-0.3, -0.25) is 4.79 Å². The molecule has 112 valence electrons. The van der Waals surface area contributed by atoms with Gasteiger partial charge in [0, 0.05) is 6.42 Å². The van der Waals surface area contributed by atoms with Crippen LogP contribution >= 0.6 is 0 Å². The zero-order chi connectivity index (χ0) is 15.0. The molecule has 20 heavy (non-hydrogen) atoms. The summed E-state index contributed by atoms with van der Waals surface area (Å²) in [5.41, 5.74) is 0. The Morgan fingerprint density at radius 2 is 2.10 bits per heavy atom. The molecule has 1 aromatic carbocycles. The van der Waals surface area contributed by atoms with Gasteiger partial charge in [0.1, 0.15) is 6.04 Å². The maximum absolute atomic E-state index is 13.3. The minimum atomic E-state index is -1.02. The van der Waals surface area contributed by atoms with Crippen LogP contribution in [-0.2, 0) is 9.53 Å². The summed E-state index contributed by atoms with van der Waals surface area (Å²) in [6, 6.07) is 3.20. The van der Waals surface area contributed by atoms with Crippen molar-refractivity contribution in [2.45, 2.75) is 26.3 Å². The number of ether oxygens (including phenoxy) is 2. The number of hydrogen-bond donors (Lipinski definition) is 1. The molecule has 0 amide bonds. The van der Waals surface area contributed by atoms with Gasteiger partial charge >= 0.3 is 5.97 Å². The second kappa shape index (κ2) is 8.47. The average Bonchev–Trinajstić information content (AvgIpc) is 2.42. The molecule has 1 rings (SSSR count). The first-order chi connectivity index (χ1) is 9.60. The number of esters is 1. The van der Waals surface area contributed by atoms with Crippen LogP contribution in [0, 0.1) is 11.6 Å². The summed E-state index contributed by atoms with van der Waals surface area (Å²) in [4.78, 5) is 11.6. The van der Waals surface area contributed by atoms with Gasteiger partial charge in [-0.15, -0.1) is 0 Å². The lowest BCUT2D eigenvalue weighted by Gasteiger charge is -2.16. The zero-order valence-electron chi connectivity index (χ0n) is 11.6. The summed E-state index contributed by atoms with van der Waals surface area (Å²) >= 11 is 0. The van der Waals surface area contributed by atoms with E-state index in [0.29, 0.717) is 19.6 Å². The maximum atomic E-state index is 13.3. The predicted octanol–water partition coefficient (Wildman–Crippen LogP) is 2.27. The number of carbonyl (C=O) groups excluding carboxylic acids is 1. The number of hydrogen-bond acceptors (Lipinski definition) is 4. The molecule has 0 aliphatic carbocycles. The number of carbonyl (C=O) groups is 1. The van der Waals surface area contributed by atoms with Gasteiger partial charge in [0.15, 0.2) is 11.6 Å². The van der Waals surface area contributed by atoms with Crippen LogP contribution in [-0.4, -0.2) is 31.8 Å². The fraction of sp³-hybridized carbons (Fsp3) is 0.500. The van der Waals surface area contributed by atoms with E-state index in [9.17, 15) is 13.6 Å². The van der Waals surface area contributed by atoms with Gasteiger partial charge in [-0.05, 0) is 25.6 Å². The van der Waals surface area contributed by atoms with E-state index in [2.05, 4.69) is 5.32 Å². The van der Waals surface area contributed by atoms with E-state index in [1.807, 2.05) is 6.92 Å². The lowest BCUT2D eigenvalue weighted by atomic mass is 10.2. The van der Waals surface area contributed by atoms with E-state index < -0.39 is 17.7 Å². The standard InChI is InChI=1S/C14H19F2NO3/c1-3-17-11(14(18)19-4-2)8-9-20-12-7-5-6-10(15)13(12)16/h5-7,11,17H,3-4,8-9H2,1-2H3. The second-order valence-electron chi connectivity index (χ2n) is 4.05. The molecule has 0 fully saturated rings. The molecule has 0 spiro atoms. The highest BCUT2D eigenvalue weighted by molar-refractivity contribution is 5.75. The van der Waals surface area contributed by atoms with Crippen molar-refractivity contribution < 1.29 is 23.0 Å². The highest BCUT2D eigenvalue weighted by Gasteiger charge is 2.19. The minimum Gasteiger partial charge on any atom is -0.490 e. The fourth-order valence-corrected chi connectivity index (χ4v) is 1.67. The van der Waals surface area contributed by atoms with Crippen LogP contribution in [0.15, 0.2) is 18.2 Å². The molecule has 0 aliphatic heterocycles. The van der Waals surface area contributed by atoms with Crippen LogP contribution in [0.4, 0.5) is 8.78 Å². The van der Waals surface area contributed by atoms with Gasteiger partial charge in [0.05, 0.1) is 13.2 Å². The molecule has 1 N–H and O–H groups in total. The Kier molecular flexibility index (Phi) is 6.93. The summed E-state index contributed by atoms with van der Waals surface area (Å²) in [6.07, 6.45) is 0.308. The average molecular weight is 287 g/mol. The maximum Gasteiger partial charge on any atom is 0.323 e. The van der Waals surface area contributed by atoms with Crippen molar-refractivity contribution >= 4 is 5.97 Å². The Hall–Kier alpha value is -1.69. The Balaban J connectivity index is 2.51. The molecule has 1 atom stereocenters. The first-order valence-electron chi connectivity index (χ1n) is 6.57. The van der Waals surface area contributed by atoms with Crippen molar-refractivity contribution in [3.63, 3.8) is 0 Å². The monoisotopic (exact) mass is 287 g/mol. The lowest BCUT2D eigenvalue weighted by molar-refractivity contribution is -0.146. The number of likely N-dealkylation sites (N-methyl/N-ethyl adjacent to an activating group) is 1. The second-order valence-corrected chi connectivity index (χ2v) is 4.05. The first-order valence-corrected chi connectivity index (χ1v) is 6.57. The van der Waals surface area contributed by atoms with E-state index >= 15 is 0 Å². The van der Waals surface area contributed by atoms with Gasteiger partial charge in [-0.25, -0.2) is 4.39 Å². The van der Waals surface area contributed by atoms with Crippen molar-refractivity contribution in [1.29, 1.82) is 0 Å². The van der Waals surface area contributed by atoms with Gasteiger partial charge in [-0.1, -0.05) is 13.0 Å². The van der Waals surface area contributed by atoms with Gasteiger partial charge in [-0.2, -0.15) is 4.39 Å². The molecule has 0 saturated heterocycles. The SMILES string of the molecule is CCNC(CCOc1cccc(F)c1F)C(=O)OCC. The summed E-state index contributed by atoms with van der Waals surface area (Å²) in [5.74, 6) is -2.53. The number of halogens is 2. The quantitative estimate of drug-likeness (QED) is 0.745. The molecule has 1 unspecified atom stereocenters. The number of nitrogens with one attached hydrogen (secondary N) is 1. The predicted molar refractivity (Wildman–Crippen MR) is 70.6 cm³/mol. The van der Waals surface area contributed by atoms with Crippen LogP contribution < -0.4 is 10.1 Å². The van der Waals surface area contributed by atoms with Crippen molar-refractivity contribution in [3.8, 4) is 5.75 Å². The number of benzene rings is 1. The summed E-state index contributed by atoms with van der Waals surface area (Å²) < 4.78 is 36.4. The smallest absolute Gasteiger partial charge is 0.323 e. The summed E-state index contributed by atoms with van der Waals surface area (Å²) in [6.45, 7) is 4.55. The Labute approximate surface area is 117 Å². The molecule has 0 aromatic heterocycles. The third kappa shape index (κ3) is 4.77. The molecule has 0 aliphatic rings. The van der Waals surface area contributed by atoms with E-state index in [4.69, 9.17) is 9.47 Å². The Bertz CT molecular complexity index is 440. The van der Waals surface area contributed by atoms with Gasteiger partial charge in [0.2, 0.25) is 5.82 Å². The van der Waals surface area contributed by atoms with Crippen LogP contribution in [0.2, 0.25) is 0 Å². The fourth-order valence-electron chi connectivity index (χ4n) is 1.67. The molecule has 4 nitrogen and oxygen atoms in total. The van der Waals surface area contributed by atoms with Crippen LogP contribution in [0.5, 0.6) is 5.75 Å². The third-order valence-corrected chi connectivity index (χ3v) is 2.60. The molecule has 1 aromatic rings. The Morgan fingerprint density at radius 1 is 1.35 bits per heavy atom. The topological polar surface area (TPSA) is 47.6 Å². The highest BCUT2D eigenvalue weighted by atomic mass is 19.2. The summed E-state index contributed by atoms with van der Waals surface area (Å²) in [5, 5.41) is 2.96. The minimum absolute atomic E-state index is 0.0802. The molecule has 0 saturated carbocycles. The molecule has 0 heterocycles. The van der Waals surface area contributed by atoms with E-state index in [-0.39, 0.29) is 18.3 Å². The van der Waals surface area contributed by atoms with Crippen LogP contribution in [0.25, 0.3) is 0 Å². The van der Waals surface area contributed by atoms with E-state index in [1.54, 1.807) is 6.92 Å². The first kappa shape index (κ1) is 16.4. The van der Waals surface area contributed by atoms with Crippen molar-refractivity contribution in [2.24, 2.45) is 0 Å². The number of rotatable bonds is 8. The highest BCUT2D eigenvalue weighted by Crippen LogP contribution is 2.19. The van der Waals surface area contributed by atoms with Crippen LogP contribution in [0.3, 0.4) is 0 Å². The lowest BCUT2D eigenvalue weighted by Crippen LogP contribution is -2.39. The van der Waals surface area contributed by atoms with Crippen LogP contribution in [0.1, 0.15) is 20.3 Å².